The lowest BCUT2D eigenvalue weighted by Gasteiger charge is -2.26. The second-order valence-corrected chi connectivity index (χ2v) is 11.8. The molecule has 230 valence electrons. The highest BCUT2D eigenvalue weighted by Gasteiger charge is 2.30. The summed E-state index contributed by atoms with van der Waals surface area (Å²) in [6.45, 7) is 8.68. The first-order chi connectivity index (χ1) is 20.3. The highest BCUT2D eigenvalue weighted by atomic mass is 19.2. The molecule has 10 heteroatoms. The summed E-state index contributed by atoms with van der Waals surface area (Å²) < 4.78 is 45.3. The van der Waals surface area contributed by atoms with Crippen molar-refractivity contribution < 1.29 is 27.9 Å². The van der Waals surface area contributed by atoms with Gasteiger partial charge in [0.2, 0.25) is 5.91 Å². The molecule has 1 aliphatic rings. The largest absolute Gasteiger partial charge is 0.481 e. The number of amides is 1. The number of carboxylic acid groups (broad SMARTS) is 1. The quantitative estimate of drug-likeness (QED) is 0.288. The van der Waals surface area contributed by atoms with Crippen molar-refractivity contribution in [2.75, 3.05) is 13.1 Å². The monoisotopic (exact) mass is 597 g/mol. The summed E-state index contributed by atoms with van der Waals surface area (Å²) >= 11 is 0. The number of likely N-dealkylation sites (tertiary alicyclic amines) is 1. The molecule has 2 aromatic carbocycles. The lowest BCUT2D eigenvalue weighted by molar-refractivity contribution is -0.138. The molecule has 1 fully saturated rings. The summed E-state index contributed by atoms with van der Waals surface area (Å²) in [4.78, 5) is 40.6. The zero-order valence-electron chi connectivity index (χ0n) is 24.9. The van der Waals surface area contributed by atoms with E-state index >= 15 is 8.78 Å². The lowest BCUT2D eigenvalue weighted by Crippen LogP contribution is -2.40. The van der Waals surface area contributed by atoms with Gasteiger partial charge in [-0.1, -0.05) is 38.1 Å². The average molecular weight is 598 g/mol. The summed E-state index contributed by atoms with van der Waals surface area (Å²) in [5.74, 6) is -4.48. The van der Waals surface area contributed by atoms with Crippen LogP contribution in [0.3, 0.4) is 0 Å². The summed E-state index contributed by atoms with van der Waals surface area (Å²) in [7, 11) is 0. The number of carboxylic acids is 1. The van der Waals surface area contributed by atoms with Crippen LogP contribution in [0.1, 0.15) is 67.4 Å². The van der Waals surface area contributed by atoms with Crippen LogP contribution in [-0.2, 0) is 16.1 Å². The average Bonchev–Trinajstić information content (AvgIpc) is 3.33. The van der Waals surface area contributed by atoms with E-state index in [9.17, 15) is 23.9 Å². The van der Waals surface area contributed by atoms with Crippen LogP contribution in [-0.4, -0.2) is 45.7 Å². The summed E-state index contributed by atoms with van der Waals surface area (Å²) in [5.41, 5.74) is 2.65. The van der Waals surface area contributed by atoms with Crippen LogP contribution in [0, 0.1) is 31.4 Å². The molecule has 3 aromatic rings. The van der Waals surface area contributed by atoms with E-state index < -0.39 is 53.7 Å². The van der Waals surface area contributed by atoms with Crippen molar-refractivity contribution in [2.24, 2.45) is 5.92 Å². The predicted octanol–water partition coefficient (Wildman–Crippen LogP) is 5.87. The number of rotatable bonds is 11. The number of carbonyl (C=O) groups excluding carboxylic acids is 1. The Labute approximate surface area is 249 Å². The Morgan fingerprint density at radius 3 is 2.40 bits per heavy atom. The SMILES string of the molecule is Cc1cccc(C)c1-c1cc(F)c(F)c([C@H](CC(=O)O)NC(=O)C(CC(C)C)n2cc(CN3CC[C@@H](F)C3)ccc2=O)c1. The number of nitrogens with one attached hydrogen (secondary N) is 1. The Hall–Kier alpha value is -3.92. The van der Waals surface area contributed by atoms with Gasteiger partial charge in [0.1, 0.15) is 12.2 Å². The first-order valence-electron chi connectivity index (χ1n) is 14.5. The fraction of sp³-hybridized carbons (Fsp3) is 0.424. The molecule has 0 aliphatic carbocycles. The molecule has 1 unspecified atom stereocenters. The molecule has 0 bridgehead atoms. The topological polar surface area (TPSA) is 91.6 Å². The summed E-state index contributed by atoms with van der Waals surface area (Å²) in [5, 5.41) is 12.3. The smallest absolute Gasteiger partial charge is 0.305 e. The van der Waals surface area contributed by atoms with Gasteiger partial charge in [0.05, 0.1) is 12.5 Å². The number of aryl methyl sites for hydroxylation is 2. The molecule has 1 saturated heterocycles. The number of aliphatic carboxylic acids is 1. The van der Waals surface area contributed by atoms with Crippen molar-refractivity contribution in [3.8, 4) is 11.1 Å². The van der Waals surface area contributed by atoms with Crippen LogP contribution >= 0.6 is 0 Å². The van der Waals surface area contributed by atoms with Crippen molar-refractivity contribution >= 4 is 11.9 Å². The molecule has 2 heterocycles. The molecule has 1 aromatic heterocycles. The molecule has 0 radical (unpaired) electrons. The minimum Gasteiger partial charge on any atom is -0.481 e. The maximum atomic E-state index is 15.3. The fourth-order valence-corrected chi connectivity index (χ4v) is 5.83. The number of hydrogen-bond acceptors (Lipinski definition) is 4. The van der Waals surface area contributed by atoms with Crippen molar-refractivity contribution in [1.29, 1.82) is 0 Å². The summed E-state index contributed by atoms with van der Waals surface area (Å²) in [6.07, 6.45) is 0.611. The molecule has 4 rings (SSSR count). The second kappa shape index (κ2) is 13.6. The highest BCUT2D eigenvalue weighted by Crippen LogP contribution is 2.33. The van der Waals surface area contributed by atoms with E-state index in [0.717, 1.165) is 17.2 Å². The number of pyridine rings is 1. The van der Waals surface area contributed by atoms with Crippen molar-refractivity contribution in [3.05, 3.63) is 92.9 Å². The first-order valence-corrected chi connectivity index (χ1v) is 14.5. The van der Waals surface area contributed by atoms with Crippen molar-refractivity contribution in [3.63, 3.8) is 0 Å². The van der Waals surface area contributed by atoms with Crippen LogP contribution < -0.4 is 10.9 Å². The number of halogens is 3. The Balaban J connectivity index is 1.71. The van der Waals surface area contributed by atoms with Crippen LogP contribution in [0.2, 0.25) is 0 Å². The molecule has 1 amide bonds. The summed E-state index contributed by atoms with van der Waals surface area (Å²) in [6, 6.07) is 8.47. The Kier molecular flexibility index (Phi) is 10.1. The van der Waals surface area contributed by atoms with Gasteiger partial charge in [-0.2, -0.15) is 0 Å². The third-order valence-corrected chi connectivity index (χ3v) is 7.85. The minimum atomic E-state index is -1.41. The number of hydrogen-bond donors (Lipinski definition) is 2. The van der Waals surface area contributed by atoms with Gasteiger partial charge in [0, 0.05) is 37.5 Å². The second-order valence-electron chi connectivity index (χ2n) is 11.8. The predicted molar refractivity (Wildman–Crippen MR) is 158 cm³/mol. The minimum absolute atomic E-state index is 0.0448. The van der Waals surface area contributed by atoms with Gasteiger partial charge >= 0.3 is 5.97 Å². The van der Waals surface area contributed by atoms with Gasteiger partial charge in [-0.05, 0) is 72.6 Å². The van der Waals surface area contributed by atoms with Gasteiger partial charge in [-0.15, -0.1) is 0 Å². The van der Waals surface area contributed by atoms with Crippen LogP contribution in [0.5, 0.6) is 0 Å². The van der Waals surface area contributed by atoms with Gasteiger partial charge in [-0.25, -0.2) is 13.2 Å². The van der Waals surface area contributed by atoms with Crippen LogP contribution in [0.25, 0.3) is 11.1 Å². The first kappa shape index (κ1) is 32.0. The van der Waals surface area contributed by atoms with E-state index in [1.165, 1.54) is 16.7 Å². The number of aromatic nitrogens is 1. The normalized spacial score (nSPS) is 16.8. The maximum absolute atomic E-state index is 15.3. The molecule has 1 aliphatic heterocycles. The molecule has 0 saturated carbocycles. The number of alkyl halides is 1. The van der Waals surface area contributed by atoms with E-state index in [0.29, 0.717) is 36.2 Å². The molecular weight excluding hydrogens is 559 g/mol. The van der Waals surface area contributed by atoms with Gasteiger partial charge in [-0.3, -0.25) is 19.3 Å². The number of nitrogens with zero attached hydrogens (tertiary/aromatic N) is 2. The van der Waals surface area contributed by atoms with E-state index in [1.54, 1.807) is 12.3 Å². The zero-order chi connectivity index (χ0) is 31.4. The van der Waals surface area contributed by atoms with E-state index in [4.69, 9.17) is 0 Å². The molecule has 43 heavy (non-hydrogen) atoms. The molecular formula is C33H38F3N3O4. The van der Waals surface area contributed by atoms with E-state index in [2.05, 4.69) is 5.32 Å². The Morgan fingerprint density at radius 1 is 1.09 bits per heavy atom. The zero-order valence-corrected chi connectivity index (χ0v) is 24.9. The third kappa shape index (κ3) is 7.73. The van der Waals surface area contributed by atoms with Gasteiger partial charge in [0.15, 0.2) is 11.6 Å². The molecule has 7 nitrogen and oxygen atoms in total. The van der Waals surface area contributed by atoms with Gasteiger partial charge < -0.3 is 15.0 Å². The number of benzene rings is 2. The van der Waals surface area contributed by atoms with E-state index in [-0.39, 0.29) is 24.4 Å². The maximum Gasteiger partial charge on any atom is 0.305 e. The van der Waals surface area contributed by atoms with Crippen molar-refractivity contribution in [1.82, 2.24) is 14.8 Å². The molecule has 3 atom stereocenters. The Morgan fingerprint density at radius 2 is 1.79 bits per heavy atom. The van der Waals surface area contributed by atoms with Gasteiger partial charge in [0.25, 0.3) is 5.56 Å². The number of carbonyl (C=O) groups is 2. The third-order valence-electron chi connectivity index (χ3n) is 7.85. The Bertz CT molecular complexity index is 1530. The fourth-order valence-electron chi connectivity index (χ4n) is 5.83. The van der Waals surface area contributed by atoms with Crippen LogP contribution in [0.15, 0.2) is 53.5 Å². The lowest BCUT2D eigenvalue weighted by atomic mass is 9.92. The molecule has 2 N–H and O–H groups in total. The van der Waals surface area contributed by atoms with Crippen LogP contribution in [0.4, 0.5) is 13.2 Å². The highest BCUT2D eigenvalue weighted by molar-refractivity contribution is 5.82. The molecule has 0 spiro atoms. The van der Waals surface area contributed by atoms with E-state index in [1.807, 2.05) is 50.8 Å². The van der Waals surface area contributed by atoms with Crippen molar-refractivity contribution in [2.45, 2.75) is 71.8 Å². The standard InChI is InChI=1S/C33H38F3N3O4/c1-19(2)12-28(39-17-22(8-9-29(39)40)16-38-11-10-24(34)18-38)33(43)37-27(15-30(41)42)25-13-23(14-26(35)32(25)36)31-20(3)6-5-7-21(31)4/h5-9,13-14,17,19,24,27-28H,10-12,15-16,18H2,1-4H3,(H,37,43)(H,41,42)/t24-,27+,28?/m1/s1.